The number of hydrazine groups is 1. The summed E-state index contributed by atoms with van der Waals surface area (Å²) in [6.45, 7) is 13.3. The van der Waals surface area contributed by atoms with E-state index in [0.29, 0.717) is 50.0 Å². The van der Waals surface area contributed by atoms with E-state index in [1.54, 1.807) is 0 Å². The summed E-state index contributed by atoms with van der Waals surface area (Å²) in [6.07, 6.45) is 2.41. The van der Waals surface area contributed by atoms with E-state index in [9.17, 15) is 29.2 Å². The first-order valence-corrected chi connectivity index (χ1v) is 24.4. The topological polar surface area (TPSA) is 150 Å². The Hall–Kier alpha value is -5.02. The molecule has 0 N–H and O–H groups in total. The summed E-state index contributed by atoms with van der Waals surface area (Å²) in [5, 5.41) is 13.3. The molecule has 0 aromatic heterocycles. The Morgan fingerprint density at radius 3 is 1.52 bits per heavy atom. The van der Waals surface area contributed by atoms with E-state index >= 15 is 0 Å². The van der Waals surface area contributed by atoms with Crippen LogP contribution in [-0.2, 0) is 32.2 Å². The molecule has 3 aromatic rings. The van der Waals surface area contributed by atoms with Crippen LogP contribution in [0.15, 0.2) is 99.9 Å². The van der Waals surface area contributed by atoms with Gasteiger partial charge in [-0.3, -0.25) is 9.59 Å². The molecule has 0 saturated carbocycles. The second-order valence-corrected chi connectivity index (χ2v) is 19.2. The molecule has 63 heavy (non-hydrogen) atoms. The first-order chi connectivity index (χ1) is 30.5. The third-order valence-corrected chi connectivity index (χ3v) is 15.9. The highest BCUT2D eigenvalue weighted by atomic mass is 32.2. The first-order valence-electron chi connectivity index (χ1n) is 21.2. The van der Waals surface area contributed by atoms with Gasteiger partial charge in [-0.2, -0.15) is 5.26 Å². The second-order valence-electron chi connectivity index (χ2n) is 14.6. The molecule has 1 fully saturated rings. The molecule has 17 heteroatoms. The van der Waals surface area contributed by atoms with Crippen molar-refractivity contribution in [1.29, 1.82) is 5.26 Å². The Labute approximate surface area is 385 Å². The Morgan fingerprint density at radius 2 is 1.13 bits per heavy atom. The normalized spacial score (nSPS) is 14.7. The average molecular weight is 930 g/mol. The van der Waals surface area contributed by atoms with Gasteiger partial charge in [0.25, 0.3) is 11.8 Å². The van der Waals surface area contributed by atoms with Crippen molar-refractivity contribution in [2.24, 2.45) is 5.92 Å². The summed E-state index contributed by atoms with van der Waals surface area (Å²) in [4.78, 5) is 74.8. The number of benzene rings is 3. The monoisotopic (exact) mass is 929 g/mol. The molecule has 3 aliphatic heterocycles. The van der Waals surface area contributed by atoms with Gasteiger partial charge in [0.1, 0.15) is 11.6 Å². The third kappa shape index (κ3) is 10.5. The molecule has 0 bridgehead atoms. The summed E-state index contributed by atoms with van der Waals surface area (Å²) in [6, 6.07) is 20.8. The van der Waals surface area contributed by atoms with Crippen molar-refractivity contribution in [1.82, 2.24) is 19.8 Å². The number of carbonyl (C=O) groups excluding carboxylic acids is 5. The standard InChI is InChI=1S/C46H51N5O8S4/c1-7-13-20-29(8-2)28-57-42(54)32(25-47)43-60-36-34(58-45(55)48(9-3)10-4)38-39(35(37(36)61-43)59-46(56)49(11-5)12-6)63-44(62-38)33-40(52)50(26-30-21-16-14-17-22-30)51(41(33)53)27-31-23-18-15-19-24-31/h14-19,21-24,29H,7-13,20,26-28H2,1-6H3. The number of unbranched alkanes of at least 4 members (excludes halogenated alkanes) is 1. The molecule has 1 atom stereocenters. The summed E-state index contributed by atoms with van der Waals surface area (Å²) >= 11 is 4.23. The van der Waals surface area contributed by atoms with Crippen molar-refractivity contribution in [3.05, 3.63) is 91.4 Å². The number of nitriles is 1. The summed E-state index contributed by atoms with van der Waals surface area (Å²) in [5.41, 5.74) is 1.35. The minimum absolute atomic E-state index is 0.0741. The maximum absolute atomic E-state index is 14.6. The number of hydrogen-bond acceptors (Lipinski definition) is 13. The SMILES string of the molecule is CCCCC(CC)COC(=O)C(C#N)=C1Sc2c(OC(=O)N(CC)CC)c3c(c(OC(=O)N(CC)CC)c2S1)SC(=C1C(=O)N(Cc2ccccc2)N(Cc2ccccc2)C1=O)S3. The summed E-state index contributed by atoms with van der Waals surface area (Å²) in [5.74, 6) is -1.46. The Bertz CT molecular complexity index is 2200. The molecule has 1 saturated heterocycles. The number of thioether (sulfide) groups is 4. The highest BCUT2D eigenvalue weighted by molar-refractivity contribution is 8.26. The lowest BCUT2D eigenvalue weighted by atomic mass is 10.0. The molecule has 3 aromatic carbocycles. The van der Waals surface area contributed by atoms with Crippen LogP contribution in [0.4, 0.5) is 9.59 Å². The molecule has 3 heterocycles. The van der Waals surface area contributed by atoms with Gasteiger partial charge in [-0.25, -0.2) is 24.4 Å². The van der Waals surface area contributed by atoms with Gasteiger partial charge < -0.3 is 24.0 Å². The predicted octanol–water partition coefficient (Wildman–Crippen LogP) is 10.5. The molecular weight excluding hydrogens is 879 g/mol. The Morgan fingerprint density at radius 1 is 0.683 bits per heavy atom. The zero-order valence-corrected chi connectivity index (χ0v) is 39.5. The Balaban J connectivity index is 1.48. The van der Waals surface area contributed by atoms with E-state index < -0.39 is 30.0 Å². The quantitative estimate of drug-likeness (QED) is 0.0547. The zero-order valence-electron chi connectivity index (χ0n) is 36.3. The number of fused-ring (bicyclic) bond motifs is 2. The largest absolute Gasteiger partial charge is 0.461 e. The third-order valence-electron chi connectivity index (χ3n) is 10.7. The number of ether oxygens (including phenoxy) is 3. The minimum atomic E-state index is -0.777. The fraction of sp³-hybridized carbons (Fsp3) is 0.391. The molecule has 6 rings (SSSR count). The van der Waals surface area contributed by atoms with Crippen LogP contribution in [0.2, 0.25) is 0 Å². The van der Waals surface area contributed by atoms with Gasteiger partial charge in [0.15, 0.2) is 17.1 Å². The lowest BCUT2D eigenvalue weighted by Gasteiger charge is -2.27. The van der Waals surface area contributed by atoms with Crippen LogP contribution in [0.3, 0.4) is 0 Å². The molecule has 4 amide bonds. The van der Waals surface area contributed by atoms with Crippen molar-refractivity contribution < 1.29 is 38.2 Å². The second kappa shape index (κ2) is 22.1. The summed E-state index contributed by atoms with van der Waals surface area (Å²) < 4.78 is 18.8. The number of esters is 1. The fourth-order valence-electron chi connectivity index (χ4n) is 6.97. The van der Waals surface area contributed by atoms with Crippen molar-refractivity contribution in [3.8, 4) is 17.6 Å². The van der Waals surface area contributed by atoms with E-state index in [2.05, 4.69) is 6.92 Å². The number of nitrogens with zero attached hydrogens (tertiary/aromatic N) is 5. The van der Waals surface area contributed by atoms with Crippen LogP contribution >= 0.6 is 47.0 Å². The molecule has 1 unspecified atom stereocenters. The van der Waals surface area contributed by atoms with Crippen molar-refractivity contribution >= 4 is 77.0 Å². The van der Waals surface area contributed by atoms with Crippen molar-refractivity contribution in [3.63, 3.8) is 0 Å². The molecule has 332 valence electrons. The van der Waals surface area contributed by atoms with E-state index in [1.165, 1.54) is 19.8 Å². The average Bonchev–Trinajstić information content (AvgIpc) is 3.99. The van der Waals surface area contributed by atoms with E-state index in [1.807, 2.05) is 101 Å². The fourth-order valence-corrected chi connectivity index (χ4v) is 12.4. The number of rotatable bonds is 17. The first kappa shape index (κ1) is 47.5. The number of hydrogen-bond donors (Lipinski definition) is 0. The smallest absolute Gasteiger partial charge is 0.415 e. The van der Waals surface area contributed by atoms with E-state index in [0.717, 1.165) is 83.9 Å². The van der Waals surface area contributed by atoms with Crippen LogP contribution in [0.5, 0.6) is 11.5 Å². The maximum Gasteiger partial charge on any atom is 0.415 e. The van der Waals surface area contributed by atoms with E-state index in [4.69, 9.17) is 14.2 Å². The molecule has 0 aliphatic carbocycles. The summed E-state index contributed by atoms with van der Waals surface area (Å²) in [7, 11) is 0. The van der Waals surface area contributed by atoms with Gasteiger partial charge in [0.05, 0.1) is 47.8 Å². The van der Waals surface area contributed by atoms with Crippen LogP contribution in [-0.4, -0.2) is 82.6 Å². The van der Waals surface area contributed by atoms with Crippen LogP contribution in [0.25, 0.3) is 0 Å². The molecule has 3 aliphatic rings. The van der Waals surface area contributed by atoms with Crippen molar-refractivity contribution in [2.75, 3.05) is 32.8 Å². The van der Waals surface area contributed by atoms with Gasteiger partial charge in [-0.15, -0.1) is 0 Å². The minimum Gasteiger partial charge on any atom is -0.461 e. The molecular formula is C46H51N5O8S4. The van der Waals surface area contributed by atoms with Gasteiger partial charge >= 0.3 is 18.2 Å². The predicted molar refractivity (Wildman–Crippen MR) is 246 cm³/mol. The molecule has 0 spiro atoms. The number of amides is 4. The van der Waals surface area contributed by atoms with Gasteiger partial charge in [-0.1, -0.05) is 141 Å². The zero-order chi connectivity index (χ0) is 45.2. The van der Waals surface area contributed by atoms with Crippen LogP contribution in [0, 0.1) is 17.2 Å². The van der Waals surface area contributed by atoms with Gasteiger partial charge in [-0.05, 0) is 51.2 Å². The van der Waals surface area contributed by atoms with Crippen LogP contribution in [0.1, 0.15) is 78.4 Å². The lowest BCUT2D eigenvalue weighted by Crippen LogP contribution is -2.39. The number of carbonyl (C=O) groups is 5. The van der Waals surface area contributed by atoms with Crippen LogP contribution < -0.4 is 9.47 Å². The lowest BCUT2D eigenvalue weighted by molar-refractivity contribution is -0.149. The highest BCUT2D eigenvalue weighted by Crippen LogP contribution is 2.69. The highest BCUT2D eigenvalue weighted by Gasteiger charge is 2.47. The van der Waals surface area contributed by atoms with Gasteiger partial charge in [0, 0.05) is 26.2 Å². The van der Waals surface area contributed by atoms with Gasteiger partial charge in [0.2, 0.25) is 0 Å². The Kier molecular flexibility index (Phi) is 16.6. The molecule has 13 nitrogen and oxygen atoms in total. The van der Waals surface area contributed by atoms with E-state index in [-0.39, 0.29) is 52.5 Å². The molecule has 0 radical (unpaired) electrons. The maximum atomic E-state index is 14.6. The van der Waals surface area contributed by atoms with Crippen molar-refractivity contribution in [2.45, 2.75) is 99.9 Å².